The third-order valence-corrected chi connectivity index (χ3v) is 3.86. The molecular formula is C17H16Cl2N2O. The fraction of sp³-hybridized carbons (Fsp3) is 0.235. The largest absolute Gasteiger partial charge is 0.441 e. The van der Waals surface area contributed by atoms with Crippen LogP contribution >= 0.6 is 23.2 Å². The van der Waals surface area contributed by atoms with Crippen LogP contribution in [0.15, 0.2) is 34.7 Å². The van der Waals surface area contributed by atoms with Crippen LogP contribution in [0.2, 0.25) is 10.0 Å². The van der Waals surface area contributed by atoms with Crippen molar-refractivity contribution in [1.82, 2.24) is 0 Å². The lowest BCUT2D eigenvalue weighted by Crippen LogP contribution is -2.20. The summed E-state index contributed by atoms with van der Waals surface area (Å²) in [6.45, 7) is 5.86. The SMILES string of the molecule is CCN(CC)c1ccc(/C=C(/C#N)c2ccc(Cl)cc2Cl)o1. The summed E-state index contributed by atoms with van der Waals surface area (Å²) in [6.07, 6.45) is 1.68. The highest BCUT2D eigenvalue weighted by molar-refractivity contribution is 6.36. The monoisotopic (exact) mass is 334 g/mol. The van der Waals surface area contributed by atoms with E-state index in [1.807, 2.05) is 12.1 Å². The van der Waals surface area contributed by atoms with Crippen molar-refractivity contribution in [3.8, 4) is 6.07 Å². The summed E-state index contributed by atoms with van der Waals surface area (Å²) in [5.74, 6) is 1.40. The molecule has 1 heterocycles. The molecule has 0 amide bonds. The van der Waals surface area contributed by atoms with Crippen molar-refractivity contribution in [3.05, 3.63) is 51.7 Å². The highest BCUT2D eigenvalue weighted by Crippen LogP contribution is 2.29. The van der Waals surface area contributed by atoms with E-state index in [9.17, 15) is 5.26 Å². The topological polar surface area (TPSA) is 40.2 Å². The Hall–Kier alpha value is -1.89. The van der Waals surface area contributed by atoms with Gasteiger partial charge in [0.25, 0.3) is 0 Å². The summed E-state index contributed by atoms with van der Waals surface area (Å²) >= 11 is 12.0. The average molecular weight is 335 g/mol. The molecule has 22 heavy (non-hydrogen) atoms. The first-order chi connectivity index (χ1) is 10.6. The molecule has 0 spiro atoms. The Morgan fingerprint density at radius 3 is 2.55 bits per heavy atom. The maximum Gasteiger partial charge on any atom is 0.196 e. The predicted molar refractivity (Wildman–Crippen MR) is 92.2 cm³/mol. The van der Waals surface area contributed by atoms with Crippen LogP contribution in [0.4, 0.5) is 5.88 Å². The number of anilines is 1. The molecule has 3 nitrogen and oxygen atoms in total. The molecule has 1 aromatic heterocycles. The Kier molecular flexibility index (Phi) is 5.54. The van der Waals surface area contributed by atoms with Gasteiger partial charge in [0.05, 0.1) is 16.7 Å². The summed E-state index contributed by atoms with van der Waals surface area (Å²) < 4.78 is 5.77. The maximum absolute atomic E-state index is 9.38. The van der Waals surface area contributed by atoms with Crippen molar-refractivity contribution < 1.29 is 4.42 Å². The summed E-state index contributed by atoms with van der Waals surface area (Å²) in [7, 11) is 0. The zero-order valence-corrected chi connectivity index (χ0v) is 13.9. The van der Waals surface area contributed by atoms with Gasteiger partial charge in [0, 0.05) is 29.7 Å². The van der Waals surface area contributed by atoms with E-state index in [-0.39, 0.29) is 0 Å². The van der Waals surface area contributed by atoms with Gasteiger partial charge in [-0.25, -0.2) is 0 Å². The molecule has 1 aromatic carbocycles. The number of allylic oxidation sites excluding steroid dienone is 1. The van der Waals surface area contributed by atoms with E-state index >= 15 is 0 Å². The molecule has 0 fully saturated rings. The van der Waals surface area contributed by atoms with E-state index in [1.54, 1.807) is 24.3 Å². The quantitative estimate of drug-likeness (QED) is 0.678. The number of furan rings is 1. The van der Waals surface area contributed by atoms with Crippen molar-refractivity contribution in [2.75, 3.05) is 18.0 Å². The van der Waals surface area contributed by atoms with Gasteiger partial charge in [-0.05, 0) is 38.1 Å². The van der Waals surface area contributed by atoms with E-state index in [0.29, 0.717) is 26.9 Å². The Labute approximate surface area is 140 Å². The van der Waals surface area contributed by atoms with Crippen LogP contribution in [0, 0.1) is 11.3 Å². The van der Waals surface area contributed by atoms with Crippen LogP contribution in [0.25, 0.3) is 11.6 Å². The standard InChI is InChI=1S/C17H16Cl2N2O/c1-3-21(4-2)17-8-6-14(22-17)9-12(11-20)15-7-5-13(18)10-16(15)19/h5-10H,3-4H2,1-2H3/b12-9-. The summed E-state index contributed by atoms with van der Waals surface area (Å²) in [6, 6.07) is 10.9. The molecule has 0 atom stereocenters. The molecule has 2 rings (SSSR count). The van der Waals surface area contributed by atoms with Gasteiger partial charge in [0.1, 0.15) is 5.76 Å². The van der Waals surface area contributed by atoms with Crippen LogP contribution in [0.5, 0.6) is 0 Å². The second-order valence-corrected chi connectivity index (χ2v) is 5.49. The van der Waals surface area contributed by atoms with Crippen molar-refractivity contribution in [1.29, 1.82) is 5.26 Å². The zero-order chi connectivity index (χ0) is 16.1. The third kappa shape index (κ3) is 3.65. The van der Waals surface area contributed by atoms with Gasteiger partial charge in [-0.1, -0.05) is 29.3 Å². The highest BCUT2D eigenvalue weighted by Gasteiger charge is 2.10. The molecule has 0 saturated heterocycles. The molecule has 0 saturated carbocycles. The number of halogens is 2. The molecule has 2 aromatic rings. The van der Waals surface area contributed by atoms with E-state index in [0.717, 1.165) is 19.0 Å². The van der Waals surface area contributed by atoms with Crippen molar-refractivity contribution in [2.24, 2.45) is 0 Å². The molecule has 0 aliphatic rings. The van der Waals surface area contributed by atoms with Crippen molar-refractivity contribution in [2.45, 2.75) is 13.8 Å². The number of benzene rings is 1. The van der Waals surface area contributed by atoms with Crippen LogP contribution < -0.4 is 4.90 Å². The molecule has 0 bridgehead atoms. The Morgan fingerprint density at radius 1 is 1.23 bits per heavy atom. The molecule has 0 unspecified atom stereocenters. The van der Waals surface area contributed by atoms with Crippen molar-refractivity contribution in [3.63, 3.8) is 0 Å². The first-order valence-corrected chi connectivity index (χ1v) is 7.76. The van der Waals surface area contributed by atoms with Gasteiger partial charge < -0.3 is 9.32 Å². The molecule has 0 aliphatic carbocycles. The highest BCUT2D eigenvalue weighted by atomic mass is 35.5. The Bertz CT molecular complexity index is 725. The summed E-state index contributed by atoms with van der Waals surface area (Å²) in [5.41, 5.74) is 1.07. The van der Waals surface area contributed by atoms with Gasteiger partial charge in [0.15, 0.2) is 5.88 Å². The third-order valence-electron chi connectivity index (χ3n) is 3.32. The lowest BCUT2D eigenvalue weighted by molar-refractivity contribution is 0.541. The Balaban J connectivity index is 2.36. The second-order valence-electron chi connectivity index (χ2n) is 4.64. The normalized spacial score (nSPS) is 11.3. The smallest absolute Gasteiger partial charge is 0.196 e. The van der Waals surface area contributed by atoms with E-state index in [2.05, 4.69) is 24.8 Å². The fourth-order valence-electron chi connectivity index (χ4n) is 2.15. The predicted octanol–water partition coefficient (Wildman–Crippen LogP) is 5.50. The van der Waals surface area contributed by atoms with Crippen LogP contribution in [0.3, 0.4) is 0 Å². The molecule has 0 N–H and O–H groups in total. The number of hydrogen-bond donors (Lipinski definition) is 0. The van der Waals surface area contributed by atoms with Gasteiger partial charge in [-0.3, -0.25) is 0 Å². The van der Waals surface area contributed by atoms with Crippen LogP contribution in [0.1, 0.15) is 25.2 Å². The Morgan fingerprint density at radius 2 is 1.95 bits per heavy atom. The van der Waals surface area contributed by atoms with Crippen LogP contribution in [-0.4, -0.2) is 13.1 Å². The van der Waals surface area contributed by atoms with E-state index in [4.69, 9.17) is 27.6 Å². The first-order valence-electron chi connectivity index (χ1n) is 7.01. The number of nitrogens with zero attached hydrogens (tertiary/aromatic N) is 2. The van der Waals surface area contributed by atoms with Gasteiger partial charge in [-0.15, -0.1) is 0 Å². The lowest BCUT2D eigenvalue weighted by Gasteiger charge is -2.16. The maximum atomic E-state index is 9.38. The molecular weight excluding hydrogens is 319 g/mol. The average Bonchev–Trinajstić information content (AvgIpc) is 2.95. The minimum absolute atomic E-state index is 0.433. The molecule has 0 aliphatic heterocycles. The number of hydrogen-bond acceptors (Lipinski definition) is 3. The minimum Gasteiger partial charge on any atom is -0.441 e. The van der Waals surface area contributed by atoms with Crippen LogP contribution in [-0.2, 0) is 0 Å². The molecule has 5 heteroatoms. The fourth-order valence-corrected chi connectivity index (χ4v) is 2.66. The van der Waals surface area contributed by atoms with Gasteiger partial charge >= 0.3 is 0 Å². The lowest BCUT2D eigenvalue weighted by atomic mass is 10.1. The van der Waals surface area contributed by atoms with Gasteiger partial charge in [0.2, 0.25) is 0 Å². The minimum atomic E-state index is 0.433. The zero-order valence-electron chi connectivity index (χ0n) is 12.4. The summed E-state index contributed by atoms with van der Waals surface area (Å²) in [5, 5.41) is 10.4. The number of rotatable bonds is 5. The number of nitriles is 1. The van der Waals surface area contributed by atoms with Gasteiger partial charge in [-0.2, -0.15) is 5.26 Å². The van der Waals surface area contributed by atoms with Crippen molar-refractivity contribution >= 4 is 40.7 Å². The summed E-state index contributed by atoms with van der Waals surface area (Å²) in [4.78, 5) is 2.10. The first kappa shape index (κ1) is 16.5. The van der Waals surface area contributed by atoms with E-state index in [1.165, 1.54) is 0 Å². The second kappa shape index (κ2) is 7.40. The van der Waals surface area contributed by atoms with E-state index < -0.39 is 0 Å². The molecule has 0 radical (unpaired) electrons. The molecule has 114 valence electrons.